The Balaban J connectivity index is 1.65. The van der Waals surface area contributed by atoms with Crippen molar-refractivity contribution in [2.45, 2.75) is 46.0 Å². The van der Waals surface area contributed by atoms with Gasteiger partial charge in [0.25, 0.3) is 5.91 Å². The summed E-state index contributed by atoms with van der Waals surface area (Å²) in [7, 11) is 0. The molecule has 0 aliphatic carbocycles. The summed E-state index contributed by atoms with van der Waals surface area (Å²) in [6.45, 7) is 6.56. The highest BCUT2D eigenvalue weighted by atomic mass is 35.5. The smallest absolute Gasteiger partial charge is 0.417 e. The molecule has 0 bridgehead atoms. The molecule has 0 saturated carbocycles. The number of hydrogen-bond acceptors (Lipinski definition) is 7. The Morgan fingerprint density at radius 3 is 2.28 bits per heavy atom. The number of carbonyl (C=O) groups excluding carboxylic acids is 3. The van der Waals surface area contributed by atoms with Gasteiger partial charge in [-0.1, -0.05) is 23.7 Å². The van der Waals surface area contributed by atoms with E-state index in [1.165, 1.54) is 12.3 Å². The van der Waals surface area contributed by atoms with Gasteiger partial charge in [-0.3, -0.25) is 9.78 Å². The minimum atomic E-state index is -4.81. The Morgan fingerprint density at radius 2 is 1.65 bits per heavy atom. The summed E-state index contributed by atoms with van der Waals surface area (Å²) in [6.07, 6.45) is -3.36. The summed E-state index contributed by atoms with van der Waals surface area (Å²) in [5.74, 6) is -0.506. The second-order valence-corrected chi connectivity index (χ2v) is 10.4. The van der Waals surface area contributed by atoms with Crippen molar-refractivity contribution < 1.29 is 41.8 Å². The Bertz CT molecular complexity index is 1460. The van der Waals surface area contributed by atoms with Crippen LogP contribution in [-0.2, 0) is 22.3 Å². The minimum Gasteiger partial charge on any atom is -0.480 e. The van der Waals surface area contributed by atoms with Crippen molar-refractivity contribution in [3.05, 3.63) is 76.6 Å². The molecule has 0 fully saturated rings. The average molecular weight is 623 g/mol. The van der Waals surface area contributed by atoms with Crippen molar-refractivity contribution in [2.24, 2.45) is 0 Å². The molecule has 0 spiro atoms. The largest absolute Gasteiger partial charge is 0.480 e. The van der Waals surface area contributed by atoms with Crippen molar-refractivity contribution in [3.63, 3.8) is 0 Å². The lowest BCUT2D eigenvalue weighted by Crippen LogP contribution is -2.29. The van der Waals surface area contributed by atoms with Crippen LogP contribution in [0.25, 0.3) is 0 Å². The number of nitrogens with zero attached hydrogens (tertiary/aromatic N) is 1. The third-order valence-corrected chi connectivity index (χ3v) is 5.61. The molecular weight excluding hydrogens is 593 g/mol. The molecule has 3 amide bonds. The standard InChI is InChI=1S/C29H30ClF3N4O6/c1-5-34-26(39)23-12-19(10-11-35-23)42-18-8-6-17(7-9-18)15-36-27(40)37-22-13-20(29(31,32)33)21(30)14-24(22)41-16-25(38)43-28(2,3)4/h6-14H,5,15-16H2,1-4H3,(H,34,39)(H2,36,37,40). The molecule has 43 heavy (non-hydrogen) atoms. The Labute approximate surface area is 250 Å². The zero-order valence-electron chi connectivity index (χ0n) is 23.7. The number of ether oxygens (including phenoxy) is 3. The highest BCUT2D eigenvalue weighted by molar-refractivity contribution is 6.31. The van der Waals surface area contributed by atoms with E-state index in [2.05, 4.69) is 20.9 Å². The number of benzene rings is 2. The predicted molar refractivity (Wildman–Crippen MR) is 152 cm³/mol. The van der Waals surface area contributed by atoms with Gasteiger partial charge in [0, 0.05) is 31.4 Å². The fourth-order valence-electron chi connectivity index (χ4n) is 3.51. The Hall–Kier alpha value is -4.52. The summed E-state index contributed by atoms with van der Waals surface area (Å²) in [5.41, 5.74) is -1.51. The lowest BCUT2D eigenvalue weighted by atomic mass is 10.1. The highest BCUT2D eigenvalue weighted by Crippen LogP contribution is 2.40. The van der Waals surface area contributed by atoms with Crippen LogP contribution in [-0.4, -0.2) is 41.6 Å². The number of halogens is 4. The van der Waals surface area contributed by atoms with Crippen LogP contribution < -0.4 is 25.4 Å². The molecule has 2 aromatic carbocycles. The molecule has 14 heteroatoms. The van der Waals surface area contributed by atoms with Crippen molar-refractivity contribution in [1.82, 2.24) is 15.6 Å². The van der Waals surface area contributed by atoms with Crippen LogP contribution in [0.1, 0.15) is 49.3 Å². The number of carbonyl (C=O) groups is 3. The molecule has 3 aromatic rings. The number of hydrogen-bond donors (Lipinski definition) is 3. The second-order valence-electron chi connectivity index (χ2n) is 9.99. The minimum absolute atomic E-state index is 0.0104. The number of pyridine rings is 1. The number of rotatable bonds is 10. The van der Waals surface area contributed by atoms with Crippen molar-refractivity contribution >= 4 is 35.2 Å². The van der Waals surface area contributed by atoms with Crippen LogP contribution >= 0.6 is 11.6 Å². The first kappa shape index (κ1) is 33.0. The van der Waals surface area contributed by atoms with Crippen LogP contribution in [0.2, 0.25) is 5.02 Å². The quantitative estimate of drug-likeness (QED) is 0.225. The predicted octanol–water partition coefficient (Wildman–Crippen LogP) is 6.34. The number of esters is 1. The first-order valence-electron chi connectivity index (χ1n) is 13.0. The SMILES string of the molecule is CCNC(=O)c1cc(Oc2ccc(CNC(=O)Nc3cc(C(F)(F)F)c(Cl)cc3OCC(=O)OC(C)(C)C)cc2)ccn1. The zero-order valence-corrected chi connectivity index (χ0v) is 24.5. The third-order valence-electron chi connectivity index (χ3n) is 5.30. The van der Waals surface area contributed by atoms with Crippen molar-refractivity contribution in [2.75, 3.05) is 18.5 Å². The molecule has 230 valence electrons. The molecule has 3 rings (SSSR count). The zero-order chi connectivity index (χ0) is 31.8. The number of urea groups is 1. The number of alkyl halides is 3. The lowest BCUT2D eigenvalue weighted by Gasteiger charge is -2.20. The van der Waals surface area contributed by atoms with E-state index < -0.39 is 41.0 Å². The van der Waals surface area contributed by atoms with Gasteiger partial charge >= 0.3 is 18.2 Å². The van der Waals surface area contributed by atoms with Gasteiger partial charge in [0.2, 0.25) is 0 Å². The first-order chi connectivity index (χ1) is 20.1. The number of anilines is 1. The van der Waals surface area contributed by atoms with Crippen molar-refractivity contribution in [1.29, 1.82) is 0 Å². The second kappa shape index (κ2) is 14.1. The molecule has 10 nitrogen and oxygen atoms in total. The van der Waals surface area contributed by atoms with Crippen LogP contribution in [0.15, 0.2) is 54.7 Å². The van der Waals surface area contributed by atoms with E-state index >= 15 is 0 Å². The van der Waals surface area contributed by atoms with Gasteiger partial charge in [0.05, 0.1) is 16.3 Å². The molecule has 0 aliphatic heterocycles. The molecule has 3 N–H and O–H groups in total. The fraction of sp³-hybridized carbons (Fsp3) is 0.310. The van der Waals surface area contributed by atoms with Gasteiger partial charge < -0.3 is 30.2 Å². The van der Waals surface area contributed by atoms with E-state index in [4.69, 9.17) is 25.8 Å². The van der Waals surface area contributed by atoms with E-state index in [9.17, 15) is 27.6 Å². The van der Waals surface area contributed by atoms with Crippen LogP contribution in [0, 0.1) is 0 Å². The normalized spacial score (nSPS) is 11.3. The molecule has 0 radical (unpaired) electrons. The van der Waals surface area contributed by atoms with E-state index in [1.54, 1.807) is 58.0 Å². The van der Waals surface area contributed by atoms with Crippen LogP contribution in [0.3, 0.4) is 0 Å². The van der Waals surface area contributed by atoms with Gasteiger partial charge in [-0.05, 0) is 57.5 Å². The molecule has 0 atom stereocenters. The molecule has 0 unspecified atom stereocenters. The summed E-state index contributed by atoms with van der Waals surface area (Å²) in [5, 5.41) is 6.83. The Morgan fingerprint density at radius 1 is 0.953 bits per heavy atom. The highest BCUT2D eigenvalue weighted by Gasteiger charge is 2.34. The fourth-order valence-corrected chi connectivity index (χ4v) is 3.77. The molecule has 0 saturated heterocycles. The van der Waals surface area contributed by atoms with E-state index in [-0.39, 0.29) is 29.6 Å². The monoisotopic (exact) mass is 622 g/mol. The van der Waals surface area contributed by atoms with Gasteiger partial charge in [-0.25, -0.2) is 9.59 Å². The molecule has 0 aliphatic rings. The van der Waals surface area contributed by atoms with Gasteiger partial charge in [-0.2, -0.15) is 13.2 Å². The topological polar surface area (TPSA) is 128 Å². The van der Waals surface area contributed by atoms with E-state index in [0.29, 0.717) is 29.7 Å². The van der Waals surface area contributed by atoms with Crippen LogP contribution in [0.5, 0.6) is 17.2 Å². The van der Waals surface area contributed by atoms with Gasteiger partial charge in [-0.15, -0.1) is 0 Å². The summed E-state index contributed by atoms with van der Waals surface area (Å²) >= 11 is 5.81. The van der Waals surface area contributed by atoms with Gasteiger partial charge in [0.1, 0.15) is 28.5 Å². The van der Waals surface area contributed by atoms with Crippen LogP contribution in [0.4, 0.5) is 23.7 Å². The third kappa shape index (κ3) is 10.4. The summed E-state index contributed by atoms with van der Waals surface area (Å²) < 4.78 is 56.6. The first-order valence-corrected chi connectivity index (χ1v) is 13.3. The lowest BCUT2D eigenvalue weighted by molar-refractivity contribution is -0.157. The average Bonchev–Trinajstić information content (AvgIpc) is 2.91. The maximum absolute atomic E-state index is 13.5. The summed E-state index contributed by atoms with van der Waals surface area (Å²) in [6, 6.07) is 10.3. The van der Waals surface area contributed by atoms with Gasteiger partial charge in [0.15, 0.2) is 6.61 Å². The van der Waals surface area contributed by atoms with E-state index in [0.717, 1.165) is 6.07 Å². The molecule has 1 heterocycles. The summed E-state index contributed by atoms with van der Waals surface area (Å²) in [4.78, 5) is 40.6. The Kier molecular flexibility index (Phi) is 10.8. The number of aromatic nitrogens is 1. The van der Waals surface area contributed by atoms with E-state index in [1.807, 2.05) is 0 Å². The molecular formula is C29H30ClF3N4O6. The molecule has 1 aromatic heterocycles. The number of amides is 3. The number of nitrogens with one attached hydrogen (secondary N) is 3. The maximum atomic E-state index is 13.5. The maximum Gasteiger partial charge on any atom is 0.417 e. The van der Waals surface area contributed by atoms with Crippen molar-refractivity contribution in [3.8, 4) is 17.2 Å².